The molecule has 0 saturated carbocycles. The molecule has 162 valence electrons. The number of amides is 2. The average Bonchev–Trinajstić information content (AvgIpc) is 2.73. The van der Waals surface area contributed by atoms with Crippen molar-refractivity contribution < 1.29 is 23.8 Å². The first-order chi connectivity index (χ1) is 14.1. The lowest BCUT2D eigenvalue weighted by molar-refractivity contribution is -0.118. The molecule has 8 nitrogen and oxygen atoms in total. The highest BCUT2D eigenvalue weighted by atomic mass is 35.5. The van der Waals surface area contributed by atoms with Crippen LogP contribution in [0.25, 0.3) is 0 Å². The Kier molecular flexibility index (Phi) is 9.40. The number of carbonyl (C=O) groups excluding carboxylic acids is 2. The van der Waals surface area contributed by atoms with Crippen LogP contribution in [0.2, 0.25) is 0 Å². The Bertz CT molecular complexity index is 843. The minimum Gasteiger partial charge on any atom is -0.493 e. The van der Waals surface area contributed by atoms with Crippen molar-refractivity contribution in [1.29, 1.82) is 0 Å². The molecule has 1 fully saturated rings. The first kappa shape index (κ1) is 23.5. The van der Waals surface area contributed by atoms with Gasteiger partial charge in [0, 0.05) is 30.4 Å². The molecular formula is C21H26ClN3O5. The van der Waals surface area contributed by atoms with Crippen LogP contribution in [0.3, 0.4) is 0 Å². The molecule has 1 aliphatic heterocycles. The summed E-state index contributed by atoms with van der Waals surface area (Å²) >= 11 is 0. The van der Waals surface area contributed by atoms with Gasteiger partial charge in [-0.25, -0.2) is 0 Å². The van der Waals surface area contributed by atoms with Gasteiger partial charge in [-0.15, -0.1) is 12.4 Å². The molecular weight excluding hydrogens is 410 g/mol. The lowest BCUT2D eigenvalue weighted by atomic mass is 10.2. The smallest absolute Gasteiger partial charge is 0.262 e. The van der Waals surface area contributed by atoms with Crippen molar-refractivity contribution in [3.05, 3.63) is 48.5 Å². The Balaban J connectivity index is 0.00000320. The minimum atomic E-state index is -0.317. The molecule has 1 saturated heterocycles. The molecule has 1 aliphatic rings. The maximum Gasteiger partial charge on any atom is 0.262 e. The van der Waals surface area contributed by atoms with Gasteiger partial charge in [0.1, 0.15) is 0 Å². The lowest BCUT2D eigenvalue weighted by Gasteiger charge is -2.23. The molecule has 3 N–H and O–H groups in total. The number of halogens is 1. The molecule has 0 bridgehead atoms. The summed E-state index contributed by atoms with van der Waals surface area (Å²) < 4.78 is 16.1. The van der Waals surface area contributed by atoms with E-state index in [9.17, 15) is 9.59 Å². The van der Waals surface area contributed by atoms with E-state index in [2.05, 4.69) is 16.0 Å². The van der Waals surface area contributed by atoms with E-state index in [0.29, 0.717) is 42.5 Å². The van der Waals surface area contributed by atoms with Gasteiger partial charge < -0.3 is 30.2 Å². The fourth-order valence-electron chi connectivity index (χ4n) is 2.94. The number of nitrogens with one attached hydrogen (secondary N) is 3. The summed E-state index contributed by atoms with van der Waals surface area (Å²) in [6, 6.07) is 14.1. The summed E-state index contributed by atoms with van der Waals surface area (Å²) in [4.78, 5) is 24.4. The van der Waals surface area contributed by atoms with Crippen LogP contribution in [0.15, 0.2) is 48.5 Å². The van der Waals surface area contributed by atoms with Crippen LogP contribution in [0.1, 0.15) is 6.42 Å². The van der Waals surface area contributed by atoms with E-state index >= 15 is 0 Å². The van der Waals surface area contributed by atoms with Crippen molar-refractivity contribution >= 4 is 35.6 Å². The molecule has 9 heteroatoms. The van der Waals surface area contributed by atoms with Gasteiger partial charge in [0.05, 0.1) is 20.3 Å². The van der Waals surface area contributed by atoms with E-state index in [0.717, 1.165) is 6.54 Å². The number of rotatable bonds is 8. The van der Waals surface area contributed by atoms with Crippen LogP contribution in [-0.4, -0.2) is 51.3 Å². The number of para-hydroxylation sites is 2. The van der Waals surface area contributed by atoms with Crippen molar-refractivity contribution in [1.82, 2.24) is 5.32 Å². The Morgan fingerprint density at radius 2 is 1.77 bits per heavy atom. The lowest BCUT2D eigenvalue weighted by Crippen LogP contribution is -2.43. The second-order valence-electron chi connectivity index (χ2n) is 6.55. The average molecular weight is 436 g/mol. The summed E-state index contributed by atoms with van der Waals surface area (Å²) in [5, 5.41) is 8.84. The minimum absolute atomic E-state index is 0. The quantitative estimate of drug-likeness (QED) is 0.589. The van der Waals surface area contributed by atoms with Crippen molar-refractivity contribution in [3.63, 3.8) is 0 Å². The maximum absolute atomic E-state index is 12.2. The Morgan fingerprint density at radius 3 is 2.43 bits per heavy atom. The molecule has 1 unspecified atom stereocenters. The third-order valence-electron chi connectivity index (χ3n) is 4.29. The molecule has 2 aromatic carbocycles. The summed E-state index contributed by atoms with van der Waals surface area (Å²) in [5.74, 6) is 0.619. The van der Waals surface area contributed by atoms with E-state index in [-0.39, 0.29) is 36.9 Å². The number of carbonyl (C=O) groups is 2. The van der Waals surface area contributed by atoms with Crippen LogP contribution in [0.4, 0.5) is 11.4 Å². The van der Waals surface area contributed by atoms with Gasteiger partial charge in [-0.1, -0.05) is 18.2 Å². The predicted octanol–water partition coefficient (Wildman–Crippen LogP) is 2.45. The second-order valence-corrected chi connectivity index (χ2v) is 6.55. The molecule has 0 aliphatic carbocycles. The molecule has 30 heavy (non-hydrogen) atoms. The van der Waals surface area contributed by atoms with Gasteiger partial charge in [-0.05, 0) is 30.3 Å². The van der Waals surface area contributed by atoms with E-state index in [4.69, 9.17) is 14.2 Å². The molecule has 3 rings (SSSR count). The first-order valence-corrected chi connectivity index (χ1v) is 9.41. The highest BCUT2D eigenvalue weighted by molar-refractivity contribution is 5.94. The number of benzene rings is 2. The highest BCUT2D eigenvalue weighted by Crippen LogP contribution is 2.25. The largest absolute Gasteiger partial charge is 0.493 e. The summed E-state index contributed by atoms with van der Waals surface area (Å²) in [5.41, 5.74) is 1.17. The Labute approximate surface area is 181 Å². The van der Waals surface area contributed by atoms with E-state index < -0.39 is 0 Å². The number of methoxy groups -OCH3 is 1. The fourth-order valence-corrected chi connectivity index (χ4v) is 2.94. The standard InChI is InChI=1S/C21H25N3O5.ClH/c1-27-18-7-2-3-8-19(18)29-14-21(26)24-16-6-4-5-15(11-16)23-20(25)12-17-13-28-10-9-22-17;/h2-8,11,17,22H,9-10,12-14H2,1H3,(H,23,25)(H,24,26);1H. The van der Waals surface area contributed by atoms with E-state index in [1.807, 2.05) is 6.07 Å². The third kappa shape index (κ3) is 7.22. The monoisotopic (exact) mass is 435 g/mol. The van der Waals surface area contributed by atoms with Gasteiger partial charge in [0.15, 0.2) is 18.1 Å². The van der Waals surface area contributed by atoms with E-state index in [1.165, 1.54) is 0 Å². The molecule has 0 spiro atoms. The molecule has 2 aromatic rings. The van der Waals surface area contributed by atoms with Crippen LogP contribution < -0.4 is 25.4 Å². The molecule has 1 heterocycles. The molecule has 0 aromatic heterocycles. The fraction of sp³-hybridized carbons (Fsp3) is 0.333. The van der Waals surface area contributed by atoms with Crippen molar-refractivity contribution in [2.75, 3.05) is 44.1 Å². The summed E-state index contributed by atoms with van der Waals surface area (Å²) in [6.45, 7) is 1.77. The van der Waals surface area contributed by atoms with Crippen LogP contribution in [0, 0.1) is 0 Å². The van der Waals surface area contributed by atoms with Crippen LogP contribution in [0.5, 0.6) is 11.5 Å². The zero-order chi connectivity index (χ0) is 20.5. The maximum atomic E-state index is 12.2. The van der Waals surface area contributed by atoms with Gasteiger partial charge in [-0.2, -0.15) is 0 Å². The first-order valence-electron chi connectivity index (χ1n) is 9.41. The SMILES string of the molecule is COc1ccccc1OCC(=O)Nc1cccc(NC(=O)CC2COCCN2)c1.Cl. The van der Waals surface area contributed by atoms with Gasteiger partial charge in [0.2, 0.25) is 5.91 Å². The normalized spacial score (nSPS) is 15.4. The Morgan fingerprint density at radius 1 is 1.07 bits per heavy atom. The highest BCUT2D eigenvalue weighted by Gasteiger charge is 2.17. The van der Waals surface area contributed by atoms with Gasteiger partial charge in [0.25, 0.3) is 5.91 Å². The van der Waals surface area contributed by atoms with Crippen LogP contribution in [-0.2, 0) is 14.3 Å². The van der Waals surface area contributed by atoms with Crippen molar-refractivity contribution in [3.8, 4) is 11.5 Å². The zero-order valence-corrected chi connectivity index (χ0v) is 17.5. The Hall–Kier alpha value is -2.81. The van der Waals surface area contributed by atoms with Crippen molar-refractivity contribution in [2.24, 2.45) is 0 Å². The summed E-state index contributed by atoms with van der Waals surface area (Å²) in [7, 11) is 1.54. The molecule has 0 radical (unpaired) electrons. The number of hydrogen-bond donors (Lipinski definition) is 3. The van der Waals surface area contributed by atoms with Crippen LogP contribution >= 0.6 is 12.4 Å². The second kappa shape index (κ2) is 12.0. The molecule has 2 amide bonds. The topological polar surface area (TPSA) is 97.9 Å². The third-order valence-corrected chi connectivity index (χ3v) is 4.29. The van der Waals surface area contributed by atoms with Gasteiger partial charge in [-0.3, -0.25) is 9.59 Å². The van der Waals surface area contributed by atoms with Crippen molar-refractivity contribution in [2.45, 2.75) is 12.5 Å². The summed E-state index contributed by atoms with van der Waals surface area (Å²) in [6.07, 6.45) is 0.323. The van der Waals surface area contributed by atoms with Gasteiger partial charge >= 0.3 is 0 Å². The predicted molar refractivity (Wildman–Crippen MR) is 117 cm³/mol. The molecule has 1 atom stereocenters. The number of hydrogen-bond acceptors (Lipinski definition) is 6. The number of anilines is 2. The zero-order valence-electron chi connectivity index (χ0n) is 16.7. The number of ether oxygens (including phenoxy) is 3. The van der Waals surface area contributed by atoms with E-state index in [1.54, 1.807) is 49.6 Å². The number of morpholine rings is 1.